The predicted octanol–water partition coefficient (Wildman–Crippen LogP) is 5.06. The Balaban J connectivity index is 1.23. The van der Waals surface area contributed by atoms with Gasteiger partial charge in [-0.2, -0.15) is 23.0 Å². The van der Waals surface area contributed by atoms with Crippen LogP contribution >= 0.6 is 0 Å². The molecule has 0 spiro atoms. The second-order valence-electron chi connectivity index (χ2n) is 9.11. The zero-order chi connectivity index (χ0) is 24.7. The van der Waals surface area contributed by atoms with Gasteiger partial charge in [0.25, 0.3) is 0 Å². The first-order valence-electron chi connectivity index (χ1n) is 11.3. The third-order valence-corrected chi connectivity index (χ3v) is 6.78. The lowest BCUT2D eigenvalue weighted by atomic mass is 10.0. The Kier molecular flexibility index (Phi) is 5.74. The van der Waals surface area contributed by atoms with E-state index in [1.807, 2.05) is 30.3 Å². The largest absolute Gasteiger partial charge is 0.476 e. The van der Waals surface area contributed by atoms with Gasteiger partial charge in [-0.05, 0) is 47.9 Å². The molecular weight excluding hydrogens is 461 g/mol. The van der Waals surface area contributed by atoms with E-state index < -0.39 is 29.4 Å². The van der Waals surface area contributed by atoms with Gasteiger partial charge in [0.05, 0.1) is 0 Å². The first-order valence-corrected chi connectivity index (χ1v) is 11.3. The summed E-state index contributed by atoms with van der Waals surface area (Å²) in [7, 11) is 0. The number of aromatic nitrogens is 2. The number of anilines is 1. The summed E-state index contributed by atoms with van der Waals surface area (Å²) in [6.45, 7) is 0.796. The van der Waals surface area contributed by atoms with Gasteiger partial charge in [-0.25, -0.2) is 9.59 Å². The third-order valence-electron chi connectivity index (χ3n) is 6.78. The topological polar surface area (TPSA) is 87.5 Å². The maximum Gasteiger partial charge on any atom is 0.420 e. The van der Waals surface area contributed by atoms with E-state index in [1.165, 1.54) is 4.90 Å². The van der Waals surface area contributed by atoms with Crippen LogP contribution in [-0.4, -0.2) is 50.9 Å². The van der Waals surface area contributed by atoms with E-state index in [1.54, 1.807) is 0 Å². The number of carbonyl (C=O) groups is 2. The number of likely N-dealkylation sites (tertiary alicyclic amines) is 1. The summed E-state index contributed by atoms with van der Waals surface area (Å²) in [5.41, 5.74) is 0.657. The fourth-order valence-corrected chi connectivity index (χ4v) is 5.21. The molecule has 1 aromatic heterocycles. The number of nitrogens with one attached hydrogen (secondary N) is 1. The van der Waals surface area contributed by atoms with E-state index in [9.17, 15) is 22.8 Å². The van der Waals surface area contributed by atoms with Crippen molar-refractivity contribution < 1.29 is 27.9 Å². The molecule has 0 bridgehead atoms. The van der Waals surface area contributed by atoms with Crippen LogP contribution in [-0.2, 0) is 6.18 Å². The minimum absolute atomic E-state index is 0.213. The Morgan fingerprint density at radius 3 is 2.23 bits per heavy atom. The minimum atomic E-state index is -4.91. The number of carboxylic acid groups (broad SMARTS) is 1. The summed E-state index contributed by atoms with van der Waals surface area (Å²) in [5, 5.41) is 16.0. The van der Waals surface area contributed by atoms with Crippen LogP contribution in [0.3, 0.4) is 0 Å². The number of nitrogens with zero attached hydrogens (tertiary/aromatic N) is 3. The second-order valence-corrected chi connectivity index (χ2v) is 9.11. The molecule has 5 rings (SSSR count). The van der Waals surface area contributed by atoms with Crippen molar-refractivity contribution in [3.05, 3.63) is 72.1 Å². The Morgan fingerprint density at radius 1 is 0.971 bits per heavy atom. The molecule has 1 saturated heterocycles. The predicted molar refractivity (Wildman–Crippen MR) is 122 cm³/mol. The molecule has 2 aliphatic rings. The van der Waals surface area contributed by atoms with E-state index in [4.69, 9.17) is 5.11 Å². The summed E-state index contributed by atoms with van der Waals surface area (Å²) in [6, 6.07) is 17.8. The number of hydrogen-bond acceptors (Lipinski definition) is 4. The summed E-state index contributed by atoms with van der Waals surface area (Å²) >= 11 is 0. The lowest BCUT2D eigenvalue weighted by Crippen LogP contribution is -2.35. The van der Waals surface area contributed by atoms with Crippen LogP contribution in [0.25, 0.3) is 11.1 Å². The van der Waals surface area contributed by atoms with Gasteiger partial charge in [0.1, 0.15) is 5.56 Å². The summed E-state index contributed by atoms with van der Waals surface area (Å²) < 4.78 is 39.9. The van der Waals surface area contributed by atoms with Crippen LogP contribution < -0.4 is 5.32 Å². The Labute approximate surface area is 199 Å². The Hall–Kier alpha value is -3.82. The molecule has 182 valence electrons. The standard InChI is InChI=1S/C25H23F3N4O3/c26-25(27,28)21-14-32(30-22(21)23(33)34)24(35)31-12-17-10-20(11-18(17)13-31)29-19-8-4-7-16(9-19)15-5-2-1-3-6-15/h1-9,14,17-18,20,29H,10-13H2,(H,33,34)/t17-,18+,20+. The molecule has 3 atom stereocenters. The fourth-order valence-electron chi connectivity index (χ4n) is 5.21. The summed E-state index contributed by atoms with van der Waals surface area (Å²) in [6.07, 6.45) is -2.79. The quantitative estimate of drug-likeness (QED) is 0.541. The highest BCUT2D eigenvalue weighted by Crippen LogP contribution is 2.40. The first kappa shape index (κ1) is 22.9. The van der Waals surface area contributed by atoms with Crippen molar-refractivity contribution in [1.29, 1.82) is 0 Å². The molecule has 2 heterocycles. The number of benzene rings is 2. The molecule has 2 N–H and O–H groups in total. The van der Waals surface area contributed by atoms with Crippen LogP contribution in [0.2, 0.25) is 0 Å². The van der Waals surface area contributed by atoms with Gasteiger partial charge in [-0.1, -0.05) is 42.5 Å². The third kappa shape index (κ3) is 4.60. The number of carbonyl (C=O) groups excluding carboxylic acids is 1. The van der Waals surface area contributed by atoms with Crippen LogP contribution in [0.5, 0.6) is 0 Å². The minimum Gasteiger partial charge on any atom is -0.476 e. The van der Waals surface area contributed by atoms with E-state index in [-0.39, 0.29) is 17.9 Å². The lowest BCUT2D eigenvalue weighted by molar-refractivity contribution is -0.138. The average Bonchev–Trinajstić information content (AvgIpc) is 3.52. The van der Waals surface area contributed by atoms with Gasteiger partial charge >= 0.3 is 18.2 Å². The van der Waals surface area contributed by atoms with Gasteiger partial charge in [0.15, 0.2) is 5.69 Å². The number of halogens is 3. The van der Waals surface area contributed by atoms with E-state index in [0.29, 0.717) is 24.0 Å². The summed E-state index contributed by atoms with van der Waals surface area (Å²) in [4.78, 5) is 25.4. The number of alkyl halides is 3. The molecule has 1 aliphatic heterocycles. The van der Waals surface area contributed by atoms with Gasteiger partial charge in [-0.3, -0.25) is 0 Å². The van der Waals surface area contributed by atoms with E-state index in [2.05, 4.69) is 34.7 Å². The Morgan fingerprint density at radius 2 is 1.63 bits per heavy atom. The van der Waals surface area contributed by atoms with E-state index in [0.717, 1.165) is 29.7 Å². The maximum absolute atomic E-state index is 13.1. The zero-order valence-corrected chi connectivity index (χ0v) is 18.6. The molecule has 1 aliphatic carbocycles. The lowest BCUT2D eigenvalue weighted by Gasteiger charge is -2.20. The fraction of sp³-hybridized carbons (Fsp3) is 0.320. The van der Waals surface area contributed by atoms with Crippen molar-refractivity contribution in [2.24, 2.45) is 11.8 Å². The van der Waals surface area contributed by atoms with Crippen molar-refractivity contribution >= 4 is 17.7 Å². The van der Waals surface area contributed by atoms with Gasteiger partial charge < -0.3 is 15.3 Å². The summed E-state index contributed by atoms with van der Waals surface area (Å²) in [5.74, 6) is -1.40. The smallest absolute Gasteiger partial charge is 0.420 e. The van der Waals surface area contributed by atoms with Crippen molar-refractivity contribution in [1.82, 2.24) is 14.7 Å². The highest BCUT2D eigenvalue weighted by Gasteiger charge is 2.44. The molecule has 35 heavy (non-hydrogen) atoms. The number of carboxylic acids is 1. The highest BCUT2D eigenvalue weighted by molar-refractivity contribution is 5.88. The molecule has 0 radical (unpaired) electrons. The Bertz CT molecular complexity index is 1240. The molecule has 3 aromatic rings. The molecule has 7 nitrogen and oxygen atoms in total. The van der Waals surface area contributed by atoms with Gasteiger partial charge in [0.2, 0.25) is 0 Å². The van der Waals surface area contributed by atoms with Crippen molar-refractivity contribution in [3.63, 3.8) is 0 Å². The molecule has 1 amide bonds. The molecule has 10 heteroatoms. The number of fused-ring (bicyclic) bond motifs is 1. The van der Waals surface area contributed by atoms with Crippen LogP contribution in [0.4, 0.5) is 23.7 Å². The van der Waals surface area contributed by atoms with Crippen molar-refractivity contribution in [3.8, 4) is 11.1 Å². The number of aromatic carboxylic acids is 1. The molecule has 0 unspecified atom stereocenters. The van der Waals surface area contributed by atoms with Crippen LogP contribution in [0.1, 0.15) is 28.9 Å². The monoisotopic (exact) mass is 484 g/mol. The van der Waals surface area contributed by atoms with Crippen LogP contribution in [0, 0.1) is 11.8 Å². The van der Waals surface area contributed by atoms with Crippen molar-refractivity contribution in [2.75, 3.05) is 18.4 Å². The van der Waals surface area contributed by atoms with Gasteiger partial charge in [0, 0.05) is 31.0 Å². The average molecular weight is 484 g/mol. The number of amides is 1. The SMILES string of the molecule is O=C(O)c1nn(C(=O)N2C[C@H]3C[C@H](Nc4cccc(-c5ccccc5)c4)C[C@H]3C2)cc1C(F)(F)F. The molecular formula is C25H23F3N4O3. The molecule has 2 fully saturated rings. The number of hydrogen-bond donors (Lipinski definition) is 2. The zero-order valence-electron chi connectivity index (χ0n) is 18.6. The normalized spacial score (nSPS) is 21.7. The van der Waals surface area contributed by atoms with Gasteiger partial charge in [-0.15, -0.1) is 0 Å². The highest BCUT2D eigenvalue weighted by atomic mass is 19.4. The van der Waals surface area contributed by atoms with Crippen molar-refractivity contribution in [2.45, 2.75) is 25.1 Å². The molecule has 2 aromatic carbocycles. The number of rotatable bonds is 4. The van der Waals surface area contributed by atoms with E-state index >= 15 is 0 Å². The second kappa shape index (κ2) is 8.75. The molecule has 1 saturated carbocycles. The van der Waals surface area contributed by atoms with Crippen LogP contribution in [0.15, 0.2) is 60.8 Å². The first-order chi connectivity index (χ1) is 16.7. The maximum atomic E-state index is 13.1.